The molecule has 1 aromatic heterocycles. The quantitative estimate of drug-likeness (QED) is 0.723. The van der Waals surface area contributed by atoms with Gasteiger partial charge in [-0.2, -0.15) is 13.2 Å². The zero-order valence-corrected chi connectivity index (χ0v) is 15.9. The minimum absolute atomic E-state index is 0.0784. The van der Waals surface area contributed by atoms with E-state index in [-0.39, 0.29) is 23.8 Å². The van der Waals surface area contributed by atoms with Crippen LogP contribution in [0.25, 0.3) is 0 Å². The molecule has 162 valence electrons. The van der Waals surface area contributed by atoms with Crippen LogP contribution in [0.4, 0.5) is 23.5 Å². The molecule has 12 heteroatoms. The van der Waals surface area contributed by atoms with Crippen molar-refractivity contribution in [2.75, 3.05) is 38.7 Å². The van der Waals surface area contributed by atoms with Crippen LogP contribution in [-0.4, -0.2) is 77.9 Å². The van der Waals surface area contributed by atoms with Gasteiger partial charge in [-0.1, -0.05) is 0 Å². The molecular formula is C17H22F4N4O4. The Balaban J connectivity index is 0.000000370. The highest BCUT2D eigenvalue weighted by Crippen LogP contribution is 2.33. The number of aromatic nitrogens is 2. The SMILES string of the molecule is CN(C)C(=O)[C@H]1CO[C@H]2CCN(c3ncc(F)cn3)C[C@H]2C1.O=C(O)C(F)(F)F. The molecule has 8 nitrogen and oxygen atoms in total. The highest BCUT2D eigenvalue weighted by Gasteiger charge is 2.39. The van der Waals surface area contributed by atoms with Crippen molar-refractivity contribution >= 4 is 17.8 Å². The van der Waals surface area contributed by atoms with Gasteiger partial charge >= 0.3 is 12.1 Å². The van der Waals surface area contributed by atoms with Crippen molar-refractivity contribution in [1.82, 2.24) is 14.9 Å². The number of carbonyl (C=O) groups is 2. The molecule has 29 heavy (non-hydrogen) atoms. The molecule has 3 rings (SSSR count). The van der Waals surface area contributed by atoms with Crippen LogP contribution < -0.4 is 4.90 Å². The lowest BCUT2D eigenvalue weighted by Crippen LogP contribution is -2.50. The fraction of sp³-hybridized carbons (Fsp3) is 0.647. The largest absolute Gasteiger partial charge is 0.490 e. The lowest BCUT2D eigenvalue weighted by molar-refractivity contribution is -0.192. The molecular weight excluding hydrogens is 400 g/mol. The lowest BCUT2D eigenvalue weighted by atomic mass is 9.83. The van der Waals surface area contributed by atoms with Gasteiger partial charge in [0.05, 0.1) is 31.0 Å². The smallest absolute Gasteiger partial charge is 0.475 e. The first-order valence-corrected chi connectivity index (χ1v) is 8.84. The van der Waals surface area contributed by atoms with Crippen molar-refractivity contribution in [3.05, 3.63) is 18.2 Å². The van der Waals surface area contributed by atoms with Gasteiger partial charge in [-0.3, -0.25) is 4.79 Å². The van der Waals surface area contributed by atoms with Gasteiger partial charge in [0.25, 0.3) is 0 Å². The van der Waals surface area contributed by atoms with Crippen LogP contribution in [0.3, 0.4) is 0 Å². The third kappa shape index (κ3) is 6.24. The number of ether oxygens (including phenoxy) is 1. The molecule has 0 saturated carbocycles. The molecule has 0 aromatic carbocycles. The Hall–Kier alpha value is -2.50. The second-order valence-corrected chi connectivity index (χ2v) is 7.04. The van der Waals surface area contributed by atoms with Gasteiger partial charge < -0.3 is 19.6 Å². The minimum atomic E-state index is -5.08. The van der Waals surface area contributed by atoms with Gasteiger partial charge in [-0.15, -0.1) is 0 Å². The molecule has 2 saturated heterocycles. The van der Waals surface area contributed by atoms with E-state index in [2.05, 4.69) is 9.97 Å². The van der Waals surface area contributed by atoms with E-state index in [0.29, 0.717) is 12.6 Å². The number of aliphatic carboxylic acids is 1. The number of hydrogen-bond donors (Lipinski definition) is 1. The highest BCUT2D eigenvalue weighted by molar-refractivity contribution is 5.78. The summed E-state index contributed by atoms with van der Waals surface area (Å²) in [5, 5.41) is 7.12. The van der Waals surface area contributed by atoms with E-state index >= 15 is 0 Å². The van der Waals surface area contributed by atoms with E-state index in [1.807, 2.05) is 4.90 Å². The maximum atomic E-state index is 12.9. The third-order valence-electron chi connectivity index (χ3n) is 4.69. The maximum absolute atomic E-state index is 12.9. The average Bonchev–Trinajstić information content (AvgIpc) is 2.66. The van der Waals surface area contributed by atoms with Gasteiger partial charge in [0.15, 0.2) is 5.82 Å². The third-order valence-corrected chi connectivity index (χ3v) is 4.69. The van der Waals surface area contributed by atoms with Crippen LogP contribution in [0, 0.1) is 17.7 Å². The first-order chi connectivity index (χ1) is 13.5. The summed E-state index contributed by atoms with van der Waals surface area (Å²) >= 11 is 0. The highest BCUT2D eigenvalue weighted by atomic mass is 19.4. The summed E-state index contributed by atoms with van der Waals surface area (Å²) in [6, 6.07) is 0. The van der Waals surface area contributed by atoms with Gasteiger partial charge in [-0.25, -0.2) is 19.2 Å². The number of hydrogen-bond acceptors (Lipinski definition) is 6. The summed E-state index contributed by atoms with van der Waals surface area (Å²) in [6.07, 6.45) is -0.815. The first kappa shape index (κ1) is 22.8. The molecule has 1 N–H and O–H groups in total. The van der Waals surface area contributed by atoms with Crippen molar-refractivity contribution in [1.29, 1.82) is 0 Å². The predicted octanol–water partition coefficient (Wildman–Crippen LogP) is 1.57. The Bertz CT molecular complexity index is 714. The Morgan fingerprint density at radius 2 is 1.86 bits per heavy atom. The van der Waals surface area contributed by atoms with Crippen LogP contribution in [-0.2, 0) is 14.3 Å². The summed E-state index contributed by atoms with van der Waals surface area (Å²) in [5.41, 5.74) is 0. The van der Waals surface area contributed by atoms with E-state index in [4.69, 9.17) is 14.6 Å². The van der Waals surface area contributed by atoms with Crippen LogP contribution in [0.15, 0.2) is 12.4 Å². The fourth-order valence-electron chi connectivity index (χ4n) is 3.32. The molecule has 0 radical (unpaired) electrons. The standard InChI is InChI=1S/C15H21FN4O2.C2HF3O2/c1-19(2)14(21)11-5-10-8-20(4-3-13(10)22-9-11)15-17-6-12(16)7-18-15;3-2(4,5)1(6)7/h6-7,10-11,13H,3-5,8-9H2,1-2H3;(H,6,7)/t10-,11-,13+;/m1./s1. The Morgan fingerprint density at radius 3 is 2.38 bits per heavy atom. The van der Waals surface area contributed by atoms with Gasteiger partial charge in [0.1, 0.15) is 0 Å². The number of halogens is 4. The van der Waals surface area contributed by atoms with E-state index < -0.39 is 18.0 Å². The zero-order chi connectivity index (χ0) is 21.8. The average molecular weight is 422 g/mol. The Morgan fingerprint density at radius 1 is 1.28 bits per heavy atom. The Kier molecular flexibility index (Phi) is 7.33. The molecule has 1 amide bonds. The van der Waals surface area contributed by atoms with Crippen molar-refractivity contribution in [2.24, 2.45) is 11.8 Å². The number of nitrogens with zero attached hydrogens (tertiary/aromatic N) is 4. The van der Waals surface area contributed by atoms with Gasteiger partial charge in [0.2, 0.25) is 11.9 Å². The van der Waals surface area contributed by atoms with Crippen LogP contribution in [0.1, 0.15) is 12.8 Å². The molecule has 2 aliphatic rings. The molecule has 2 aliphatic heterocycles. The summed E-state index contributed by atoms with van der Waals surface area (Å²) in [7, 11) is 3.54. The number of anilines is 1. The zero-order valence-electron chi connectivity index (χ0n) is 15.9. The first-order valence-electron chi connectivity index (χ1n) is 8.84. The summed E-state index contributed by atoms with van der Waals surface area (Å²) in [6.45, 7) is 2.04. The molecule has 0 spiro atoms. The molecule has 3 atom stereocenters. The number of piperidine rings is 1. The van der Waals surface area contributed by atoms with Crippen molar-refractivity contribution in [3.63, 3.8) is 0 Å². The molecule has 1 aromatic rings. The molecule has 0 unspecified atom stereocenters. The van der Waals surface area contributed by atoms with Crippen LogP contribution in [0.2, 0.25) is 0 Å². The monoisotopic (exact) mass is 422 g/mol. The second-order valence-electron chi connectivity index (χ2n) is 7.04. The van der Waals surface area contributed by atoms with Crippen LogP contribution in [0.5, 0.6) is 0 Å². The number of carboxylic acid groups (broad SMARTS) is 1. The number of amides is 1. The topological polar surface area (TPSA) is 95.9 Å². The molecule has 2 fully saturated rings. The van der Waals surface area contributed by atoms with E-state index in [0.717, 1.165) is 25.9 Å². The molecule has 0 aliphatic carbocycles. The lowest BCUT2D eigenvalue weighted by Gasteiger charge is -2.43. The summed E-state index contributed by atoms with van der Waals surface area (Å²) < 4.78 is 50.6. The number of carbonyl (C=O) groups excluding carboxylic acids is 1. The summed E-state index contributed by atoms with van der Waals surface area (Å²) in [5.74, 6) is -2.33. The van der Waals surface area contributed by atoms with Crippen molar-refractivity contribution < 1.29 is 37.0 Å². The second kappa shape index (κ2) is 9.33. The van der Waals surface area contributed by atoms with E-state index in [1.54, 1.807) is 19.0 Å². The van der Waals surface area contributed by atoms with E-state index in [1.165, 1.54) is 12.4 Å². The minimum Gasteiger partial charge on any atom is -0.475 e. The fourth-order valence-corrected chi connectivity index (χ4v) is 3.32. The molecule has 3 heterocycles. The predicted molar refractivity (Wildman–Crippen MR) is 92.5 cm³/mol. The molecule has 0 bridgehead atoms. The van der Waals surface area contributed by atoms with Gasteiger partial charge in [-0.05, 0) is 12.8 Å². The van der Waals surface area contributed by atoms with Crippen LogP contribution >= 0.6 is 0 Å². The van der Waals surface area contributed by atoms with E-state index in [9.17, 15) is 22.4 Å². The van der Waals surface area contributed by atoms with Crippen molar-refractivity contribution in [3.8, 4) is 0 Å². The summed E-state index contributed by atoms with van der Waals surface area (Å²) in [4.78, 5) is 32.8. The number of rotatable bonds is 2. The number of carboxylic acids is 1. The number of alkyl halides is 3. The van der Waals surface area contributed by atoms with Gasteiger partial charge in [0, 0.05) is 33.1 Å². The maximum Gasteiger partial charge on any atom is 0.490 e. The Labute approximate surface area is 164 Å². The number of fused-ring (bicyclic) bond motifs is 1. The van der Waals surface area contributed by atoms with Crippen molar-refractivity contribution in [2.45, 2.75) is 25.1 Å². The normalized spacial score (nSPS) is 24.1.